The van der Waals surface area contributed by atoms with Crippen molar-refractivity contribution in [2.45, 2.75) is 11.4 Å². The number of nitrogens with zero attached hydrogens (tertiary/aromatic N) is 2. The van der Waals surface area contributed by atoms with E-state index >= 15 is 0 Å². The molecule has 0 saturated carbocycles. The molecule has 7 heteroatoms. The molecule has 1 aliphatic heterocycles. The van der Waals surface area contributed by atoms with Crippen molar-refractivity contribution in [3.63, 3.8) is 0 Å². The van der Waals surface area contributed by atoms with Crippen molar-refractivity contribution < 1.29 is 13.2 Å². The van der Waals surface area contributed by atoms with Gasteiger partial charge in [0, 0.05) is 25.7 Å². The van der Waals surface area contributed by atoms with E-state index < -0.39 is 10.0 Å². The molecule has 0 saturated heterocycles. The van der Waals surface area contributed by atoms with Crippen molar-refractivity contribution in [2.24, 2.45) is 0 Å². The SMILES string of the molecule is COc1ccc(S(=O)(=O)N2CCNCc3ccccc32)cn1. The normalized spacial score (nSPS) is 15.0. The Bertz CT molecular complexity index is 760. The highest BCUT2D eigenvalue weighted by Crippen LogP contribution is 2.28. The van der Waals surface area contributed by atoms with Crippen LogP contribution in [0.5, 0.6) is 5.88 Å². The molecule has 0 aliphatic carbocycles. The zero-order valence-electron chi connectivity index (χ0n) is 12.2. The van der Waals surface area contributed by atoms with Crippen LogP contribution in [0.4, 0.5) is 5.69 Å². The number of hydrogen-bond donors (Lipinski definition) is 1. The number of aromatic nitrogens is 1. The van der Waals surface area contributed by atoms with Gasteiger partial charge in [-0.3, -0.25) is 4.31 Å². The van der Waals surface area contributed by atoms with E-state index in [1.807, 2.05) is 24.3 Å². The summed E-state index contributed by atoms with van der Waals surface area (Å²) in [4.78, 5) is 4.15. The number of ether oxygens (including phenoxy) is 1. The first-order valence-corrected chi connectivity index (χ1v) is 8.38. The van der Waals surface area contributed by atoms with Gasteiger partial charge in [0.1, 0.15) is 4.90 Å². The lowest BCUT2D eigenvalue weighted by Crippen LogP contribution is -2.34. The molecule has 0 unspecified atom stereocenters. The van der Waals surface area contributed by atoms with E-state index in [-0.39, 0.29) is 4.90 Å². The molecule has 0 spiro atoms. The van der Waals surface area contributed by atoms with Crippen molar-refractivity contribution >= 4 is 15.7 Å². The number of sulfonamides is 1. The van der Waals surface area contributed by atoms with Gasteiger partial charge in [0.25, 0.3) is 10.0 Å². The first-order chi connectivity index (χ1) is 10.6. The summed E-state index contributed by atoms with van der Waals surface area (Å²) in [6.07, 6.45) is 1.33. The molecule has 6 nitrogen and oxygen atoms in total. The van der Waals surface area contributed by atoms with Crippen LogP contribution in [0.3, 0.4) is 0 Å². The van der Waals surface area contributed by atoms with Crippen molar-refractivity contribution in [1.82, 2.24) is 10.3 Å². The Kier molecular flexibility index (Phi) is 4.00. The van der Waals surface area contributed by atoms with Gasteiger partial charge in [0.05, 0.1) is 19.0 Å². The van der Waals surface area contributed by atoms with Crippen LogP contribution in [0.25, 0.3) is 0 Å². The summed E-state index contributed by atoms with van der Waals surface area (Å²) in [5.74, 6) is 0.386. The maximum Gasteiger partial charge on any atom is 0.265 e. The Labute approximate surface area is 129 Å². The fraction of sp³-hybridized carbons (Fsp3) is 0.267. The van der Waals surface area contributed by atoms with Crippen LogP contribution in [0.1, 0.15) is 5.56 Å². The van der Waals surface area contributed by atoms with E-state index in [0.29, 0.717) is 31.2 Å². The highest BCUT2D eigenvalue weighted by atomic mass is 32.2. The average Bonchev–Trinajstić information content (AvgIpc) is 2.77. The van der Waals surface area contributed by atoms with E-state index in [0.717, 1.165) is 5.56 Å². The second kappa shape index (κ2) is 5.94. The maximum absolute atomic E-state index is 12.9. The van der Waals surface area contributed by atoms with E-state index in [1.54, 1.807) is 6.07 Å². The smallest absolute Gasteiger partial charge is 0.265 e. The van der Waals surface area contributed by atoms with E-state index in [2.05, 4.69) is 10.3 Å². The minimum atomic E-state index is -3.65. The van der Waals surface area contributed by atoms with Crippen LogP contribution in [-0.4, -0.2) is 33.6 Å². The predicted molar refractivity (Wildman–Crippen MR) is 83.5 cm³/mol. The van der Waals surface area contributed by atoms with Crippen molar-refractivity contribution in [3.8, 4) is 5.88 Å². The number of para-hydroxylation sites is 1. The second-order valence-electron chi connectivity index (χ2n) is 4.92. The molecule has 0 fully saturated rings. The molecule has 1 aliphatic rings. The Morgan fingerprint density at radius 3 is 2.77 bits per heavy atom. The molecule has 1 aromatic carbocycles. The van der Waals surface area contributed by atoms with Crippen LogP contribution < -0.4 is 14.4 Å². The average molecular weight is 319 g/mol. The zero-order chi connectivity index (χ0) is 15.6. The zero-order valence-corrected chi connectivity index (χ0v) is 13.0. The molecule has 22 heavy (non-hydrogen) atoms. The highest BCUT2D eigenvalue weighted by Gasteiger charge is 2.28. The summed E-state index contributed by atoms with van der Waals surface area (Å²) < 4.78 is 32.2. The molecule has 0 amide bonds. The Hall–Kier alpha value is -2.12. The van der Waals surface area contributed by atoms with Gasteiger partial charge in [0.15, 0.2) is 0 Å². The molecule has 1 N–H and O–H groups in total. The molecule has 0 radical (unpaired) electrons. The van der Waals surface area contributed by atoms with E-state index in [4.69, 9.17) is 4.74 Å². The Balaban J connectivity index is 2.04. The quantitative estimate of drug-likeness (QED) is 0.925. The van der Waals surface area contributed by atoms with Crippen LogP contribution in [-0.2, 0) is 16.6 Å². The van der Waals surface area contributed by atoms with Crippen LogP contribution in [0.15, 0.2) is 47.5 Å². The molecular weight excluding hydrogens is 302 g/mol. The van der Waals surface area contributed by atoms with Gasteiger partial charge in [0.2, 0.25) is 5.88 Å². The molecule has 2 heterocycles. The van der Waals surface area contributed by atoms with E-state index in [9.17, 15) is 8.42 Å². The van der Waals surface area contributed by atoms with Gasteiger partial charge in [-0.1, -0.05) is 18.2 Å². The molecule has 2 aromatic rings. The highest BCUT2D eigenvalue weighted by molar-refractivity contribution is 7.92. The standard InChI is InChI=1S/C15H17N3O3S/c1-21-15-7-6-13(11-17-15)22(19,20)18-9-8-16-10-12-4-2-3-5-14(12)18/h2-7,11,16H,8-10H2,1H3. The summed E-state index contributed by atoms with van der Waals surface area (Å²) in [5.41, 5.74) is 1.67. The lowest BCUT2D eigenvalue weighted by atomic mass is 10.2. The first-order valence-electron chi connectivity index (χ1n) is 6.94. The lowest BCUT2D eigenvalue weighted by Gasteiger charge is -2.24. The summed E-state index contributed by atoms with van der Waals surface area (Å²) in [7, 11) is -2.16. The summed E-state index contributed by atoms with van der Waals surface area (Å²) in [6.45, 7) is 1.63. The van der Waals surface area contributed by atoms with Gasteiger partial charge in [-0.25, -0.2) is 13.4 Å². The van der Waals surface area contributed by atoms with Gasteiger partial charge in [-0.15, -0.1) is 0 Å². The largest absolute Gasteiger partial charge is 0.481 e. The van der Waals surface area contributed by atoms with Crippen molar-refractivity contribution in [1.29, 1.82) is 0 Å². The van der Waals surface area contributed by atoms with Gasteiger partial charge < -0.3 is 10.1 Å². The molecule has 3 rings (SSSR count). The fourth-order valence-corrected chi connectivity index (χ4v) is 3.89. The summed E-state index contributed by atoms with van der Waals surface area (Å²) >= 11 is 0. The Morgan fingerprint density at radius 1 is 1.23 bits per heavy atom. The van der Waals surface area contributed by atoms with E-state index in [1.165, 1.54) is 23.7 Å². The number of pyridine rings is 1. The van der Waals surface area contributed by atoms with Crippen molar-refractivity contribution in [3.05, 3.63) is 48.2 Å². The topological polar surface area (TPSA) is 71.5 Å². The number of methoxy groups -OCH3 is 1. The summed E-state index contributed by atoms with van der Waals surface area (Å²) in [6, 6.07) is 10.6. The summed E-state index contributed by atoms with van der Waals surface area (Å²) in [5, 5.41) is 3.23. The third-order valence-electron chi connectivity index (χ3n) is 3.57. The van der Waals surface area contributed by atoms with Crippen LogP contribution in [0.2, 0.25) is 0 Å². The van der Waals surface area contributed by atoms with Gasteiger partial charge in [-0.2, -0.15) is 0 Å². The third-order valence-corrected chi connectivity index (χ3v) is 5.37. The number of fused-ring (bicyclic) bond motifs is 1. The van der Waals surface area contributed by atoms with Crippen LogP contribution >= 0.6 is 0 Å². The lowest BCUT2D eigenvalue weighted by molar-refractivity contribution is 0.397. The second-order valence-corrected chi connectivity index (χ2v) is 6.78. The number of benzene rings is 1. The number of anilines is 1. The number of nitrogens with one attached hydrogen (secondary N) is 1. The predicted octanol–water partition coefficient (Wildman–Crippen LogP) is 1.39. The molecule has 116 valence electrons. The minimum Gasteiger partial charge on any atom is -0.481 e. The number of rotatable bonds is 3. The van der Waals surface area contributed by atoms with Crippen LogP contribution in [0, 0.1) is 0 Å². The molecular formula is C15H17N3O3S. The molecule has 0 atom stereocenters. The third kappa shape index (κ3) is 2.65. The number of hydrogen-bond acceptors (Lipinski definition) is 5. The monoisotopic (exact) mass is 319 g/mol. The maximum atomic E-state index is 12.9. The Morgan fingerprint density at radius 2 is 2.05 bits per heavy atom. The van der Waals surface area contributed by atoms with Crippen molar-refractivity contribution in [2.75, 3.05) is 24.5 Å². The molecule has 1 aromatic heterocycles. The molecule has 0 bridgehead atoms. The van der Waals surface area contributed by atoms with Gasteiger partial charge in [-0.05, 0) is 17.7 Å². The first kappa shape index (κ1) is 14.8. The van der Waals surface area contributed by atoms with Gasteiger partial charge >= 0.3 is 0 Å². The minimum absolute atomic E-state index is 0.157. The fourth-order valence-electron chi connectivity index (χ4n) is 2.44.